The molecule has 70 valence electrons. The average Bonchev–Trinajstić information content (AvgIpc) is 1.84. The fourth-order valence-corrected chi connectivity index (χ4v) is 1.32. The van der Waals surface area contributed by atoms with Crippen LogP contribution in [-0.2, 0) is 0 Å². The van der Waals surface area contributed by atoms with Crippen LogP contribution in [0.25, 0.3) is 0 Å². The third-order valence-electron chi connectivity index (χ3n) is 1.79. The molecule has 0 heterocycles. The smallest absolute Gasteiger partial charge is 0.0288 e. The lowest BCUT2D eigenvalue weighted by Crippen LogP contribution is -1.85. The van der Waals surface area contributed by atoms with Gasteiger partial charge in [-0.05, 0) is 39.0 Å². The van der Waals surface area contributed by atoms with Gasteiger partial charge in [-0.1, -0.05) is 31.1 Å². The first-order chi connectivity index (χ1) is 5.52. The molecule has 0 amide bonds. The van der Waals surface area contributed by atoms with Crippen molar-refractivity contribution in [2.24, 2.45) is 5.92 Å². The molecule has 0 N–H and O–H groups in total. The summed E-state index contributed by atoms with van der Waals surface area (Å²) in [5, 5.41) is 0. The van der Waals surface area contributed by atoms with Crippen LogP contribution in [0.4, 0.5) is 0 Å². The van der Waals surface area contributed by atoms with Crippen LogP contribution in [0, 0.1) is 5.92 Å². The van der Waals surface area contributed by atoms with Crippen LogP contribution in [-0.4, -0.2) is 0 Å². The van der Waals surface area contributed by atoms with Gasteiger partial charge in [-0.25, -0.2) is 0 Å². The molecule has 0 bridgehead atoms. The summed E-state index contributed by atoms with van der Waals surface area (Å²) in [6.07, 6.45) is 6.00. The minimum absolute atomic E-state index is 0.690. The van der Waals surface area contributed by atoms with Gasteiger partial charge in [0, 0.05) is 0 Å². The van der Waals surface area contributed by atoms with Gasteiger partial charge in [0.1, 0.15) is 0 Å². The molecule has 0 unspecified atom stereocenters. The van der Waals surface area contributed by atoms with E-state index in [4.69, 9.17) is 0 Å². The SMILES string of the molecule is C=C(C)CCC/C(C)=C/C(C)C. The standard InChI is InChI=1S/C12H22/c1-10(2)7-6-8-12(5)9-11(3)4/h9,11H,1,6-8H2,2-5H3/b12-9+. The van der Waals surface area contributed by atoms with E-state index in [1.54, 1.807) is 0 Å². The van der Waals surface area contributed by atoms with Gasteiger partial charge in [0.05, 0.1) is 0 Å². The zero-order chi connectivity index (χ0) is 9.56. The Morgan fingerprint density at radius 1 is 1.25 bits per heavy atom. The van der Waals surface area contributed by atoms with Gasteiger partial charge < -0.3 is 0 Å². The van der Waals surface area contributed by atoms with Gasteiger partial charge >= 0.3 is 0 Å². The largest absolute Gasteiger partial charge is 0.100 e. The van der Waals surface area contributed by atoms with Gasteiger partial charge in [0.15, 0.2) is 0 Å². The number of rotatable bonds is 5. The van der Waals surface area contributed by atoms with Crippen molar-refractivity contribution < 1.29 is 0 Å². The Hall–Kier alpha value is -0.520. The zero-order valence-corrected chi connectivity index (χ0v) is 8.98. The van der Waals surface area contributed by atoms with Crippen molar-refractivity contribution >= 4 is 0 Å². The van der Waals surface area contributed by atoms with Crippen molar-refractivity contribution in [3.63, 3.8) is 0 Å². The maximum absolute atomic E-state index is 3.89. The number of allylic oxidation sites excluding steroid dienone is 3. The quantitative estimate of drug-likeness (QED) is 0.533. The topological polar surface area (TPSA) is 0 Å². The average molecular weight is 166 g/mol. The molecule has 0 heteroatoms. The molecule has 0 spiro atoms. The van der Waals surface area contributed by atoms with Gasteiger partial charge in [-0.15, -0.1) is 6.58 Å². The molecule has 0 saturated carbocycles. The molecule has 0 aromatic rings. The van der Waals surface area contributed by atoms with Crippen molar-refractivity contribution in [1.82, 2.24) is 0 Å². The summed E-state index contributed by atoms with van der Waals surface area (Å²) in [4.78, 5) is 0. The minimum atomic E-state index is 0.690. The Morgan fingerprint density at radius 2 is 1.83 bits per heavy atom. The van der Waals surface area contributed by atoms with Gasteiger partial charge in [-0.3, -0.25) is 0 Å². The summed E-state index contributed by atoms with van der Waals surface area (Å²) in [7, 11) is 0. The highest BCUT2D eigenvalue weighted by molar-refractivity contribution is 5.00. The second-order valence-electron chi connectivity index (χ2n) is 4.07. The van der Waals surface area contributed by atoms with Crippen LogP contribution >= 0.6 is 0 Å². The molecule has 0 aromatic carbocycles. The first kappa shape index (κ1) is 11.5. The van der Waals surface area contributed by atoms with Crippen molar-refractivity contribution in [2.75, 3.05) is 0 Å². The molecule has 0 aromatic heterocycles. The Kier molecular flexibility index (Phi) is 5.79. The zero-order valence-electron chi connectivity index (χ0n) is 8.98. The van der Waals surface area contributed by atoms with Crippen molar-refractivity contribution in [3.05, 3.63) is 23.8 Å². The monoisotopic (exact) mass is 166 g/mol. The normalized spacial score (nSPS) is 12.2. The Balaban J connectivity index is 3.57. The lowest BCUT2D eigenvalue weighted by Gasteiger charge is -2.03. The fourth-order valence-electron chi connectivity index (χ4n) is 1.32. The van der Waals surface area contributed by atoms with Crippen molar-refractivity contribution in [1.29, 1.82) is 0 Å². The van der Waals surface area contributed by atoms with Crippen LogP contribution in [0.1, 0.15) is 47.0 Å². The van der Waals surface area contributed by atoms with E-state index in [9.17, 15) is 0 Å². The molecule has 0 fully saturated rings. The Labute approximate surface area is 77.4 Å². The highest BCUT2D eigenvalue weighted by atomic mass is 14.0. The lowest BCUT2D eigenvalue weighted by atomic mass is 10.0. The van der Waals surface area contributed by atoms with E-state index in [1.165, 1.54) is 30.4 Å². The summed E-state index contributed by atoms with van der Waals surface area (Å²) in [6, 6.07) is 0. The second-order valence-corrected chi connectivity index (χ2v) is 4.07. The summed E-state index contributed by atoms with van der Waals surface area (Å²) in [5.74, 6) is 0.690. The molecular weight excluding hydrogens is 144 g/mol. The van der Waals surface area contributed by atoms with Crippen LogP contribution in [0.5, 0.6) is 0 Å². The van der Waals surface area contributed by atoms with Gasteiger partial charge in [0.2, 0.25) is 0 Å². The maximum atomic E-state index is 3.89. The maximum Gasteiger partial charge on any atom is -0.0288 e. The van der Waals surface area contributed by atoms with Crippen LogP contribution < -0.4 is 0 Å². The Morgan fingerprint density at radius 3 is 2.25 bits per heavy atom. The number of hydrogen-bond acceptors (Lipinski definition) is 0. The first-order valence-corrected chi connectivity index (χ1v) is 4.84. The van der Waals surface area contributed by atoms with Gasteiger partial charge in [0.25, 0.3) is 0 Å². The molecule has 0 aliphatic carbocycles. The van der Waals surface area contributed by atoms with Crippen molar-refractivity contribution in [3.8, 4) is 0 Å². The summed E-state index contributed by atoms with van der Waals surface area (Å²) in [6.45, 7) is 12.7. The highest BCUT2D eigenvalue weighted by Crippen LogP contribution is 2.12. The highest BCUT2D eigenvalue weighted by Gasteiger charge is 1.93. The molecule has 0 atom stereocenters. The van der Waals surface area contributed by atoms with E-state index < -0.39 is 0 Å². The van der Waals surface area contributed by atoms with E-state index in [-0.39, 0.29) is 0 Å². The second kappa shape index (κ2) is 6.05. The molecule has 0 radical (unpaired) electrons. The predicted octanol–water partition coefficient (Wildman–Crippen LogP) is 4.34. The van der Waals surface area contributed by atoms with E-state index in [0.29, 0.717) is 5.92 Å². The predicted molar refractivity (Wildman–Crippen MR) is 57.3 cm³/mol. The third kappa shape index (κ3) is 7.59. The van der Waals surface area contributed by atoms with Gasteiger partial charge in [-0.2, -0.15) is 0 Å². The molecule has 0 aliphatic rings. The van der Waals surface area contributed by atoms with Crippen molar-refractivity contribution in [2.45, 2.75) is 47.0 Å². The van der Waals surface area contributed by atoms with E-state index in [1.807, 2.05) is 0 Å². The first-order valence-electron chi connectivity index (χ1n) is 4.84. The Bertz CT molecular complexity index is 161. The lowest BCUT2D eigenvalue weighted by molar-refractivity contribution is 0.769. The fraction of sp³-hybridized carbons (Fsp3) is 0.667. The molecule has 0 aliphatic heterocycles. The molecule has 0 saturated heterocycles. The summed E-state index contributed by atoms with van der Waals surface area (Å²) >= 11 is 0. The van der Waals surface area contributed by atoms with Crippen LogP contribution in [0.15, 0.2) is 23.8 Å². The van der Waals surface area contributed by atoms with E-state index >= 15 is 0 Å². The molecule has 0 nitrogen and oxygen atoms in total. The minimum Gasteiger partial charge on any atom is -0.100 e. The van der Waals surface area contributed by atoms with Crippen LogP contribution in [0.3, 0.4) is 0 Å². The van der Waals surface area contributed by atoms with Crippen LogP contribution in [0.2, 0.25) is 0 Å². The molecule has 0 rings (SSSR count). The third-order valence-corrected chi connectivity index (χ3v) is 1.79. The molecular formula is C12H22. The summed E-state index contributed by atoms with van der Waals surface area (Å²) in [5.41, 5.74) is 2.82. The molecule has 12 heavy (non-hydrogen) atoms. The number of hydrogen-bond donors (Lipinski definition) is 0. The summed E-state index contributed by atoms with van der Waals surface area (Å²) < 4.78 is 0. The van der Waals surface area contributed by atoms with E-state index in [2.05, 4.69) is 40.3 Å². The van der Waals surface area contributed by atoms with E-state index in [0.717, 1.165) is 0 Å².